The van der Waals surface area contributed by atoms with Gasteiger partial charge < -0.3 is 10.1 Å². The van der Waals surface area contributed by atoms with Crippen LogP contribution in [-0.2, 0) is 0 Å². The van der Waals surface area contributed by atoms with Gasteiger partial charge in [0.05, 0.1) is 0 Å². The van der Waals surface area contributed by atoms with Crippen molar-refractivity contribution in [2.75, 3.05) is 6.54 Å². The maximum Gasteiger partial charge on any atom is 0.127 e. The molecule has 2 aromatic carbocycles. The van der Waals surface area contributed by atoms with Crippen LogP contribution < -0.4 is 10.1 Å². The van der Waals surface area contributed by atoms with Gasteiger partial charge >= 0.3 is 0 Å². The normalized spacial score (nSPS) is 17.8. The van der Waals surface area contributed by atoms with Crippen molar-refractivity contribution >= 4 is 12.4 Å². The van der Waals surface area contributed by atoms with Crippen molar-refractivity contribution in [2.45, 2.75) is 18.9 Å². The summed E-state index contributed by atoms with van der Waals surface area (Å²) in [6.45, 7) is 1.13. The number of hydrogen-bond acceptors (Lipinski definition) is 2. The minimum Gasteiger partial charge on any atom is -0.457 e. The van der Waals surface area contributed by atoms with Crippen LogP contribution in [0.4, 0.5) is 0 Å². The Kier molecular flexibility index (Phi) is 4.83. The Labute approximate surface area is 120 Å². The molecule has 0 spiro atoms. The van der Waals surface area contributed by atoms with Crippen LogP contribution in [0.3, 0.4) is 0 Å². The smallest absolute Gasteiger partial charge is 0.127 e. The van der Waals surface area contributed by atoms with Crippen molar-refractivity contribution in [2.24, 2.45) is 0 Å². The van der Waals surface area contributed by atoms with E-state index in [0.717, 1.165) is 18.0 Å². The molecule has 2 aromatic rings. The van der Waals surface area contributed by atoms with Crippen LogP contribution in [0, 0.1) is 0 Å². The van der Waals surface area contributed by atoms with Gasteiger partial charge in [-0.15, -0.1) is 12.4 Å². The molecule has 0 saturated carbocycles. The first-order valence-corrected chi connectivity index (χ1v) is 6.48. The summed E-state index contributed by atoms with van der Waals surface area (Å²) in [6.07, 6.45) is 2.51. The molecule has 1 aliphatic heterocycles. The van der Waals surface area contributed by atoms with E-state index in [-0.39, 0.29) is 12.4 Å². The molecule has 1 N–H and O–H groups in total. The molecule has 0 unspecified atom stereocenters. The molecule has 1 atom stereocenters. The summed E-state index contributed by atoms with van der Waals surface area (Å²) in [4.78, 5) is 0. The van der Waals surface area contributed by atoms with Gasteiger partial charge in [-0.25, -0.2) is 0 Å². The summed E-state index contributed by atoms with van der Waals surface area (Å²) < 4.78 is 5.78. The van der Waals surface area contributed by atoms with Crippen molar-refractivity contribution in [3.8, 4) is 11.5 Å². The summed E-state index contributed by atoms with van der Waals surface area (Å²) in [5.41, 5.74) is 1.35. The van der Waals surface area contributed by atoms with Gasteiger partial charge in [-0.1, -0.05) is 30.3 Å². The molecular weight excluding hydrogens is 258 g/mol. The van der Waals surface area contributed by atoms with Crippen LogP contribution in [-0.4, -0.2) is 6.54 Å². The second kappa shape index (κ2) is 6.60. The van der Waals surface area contributed by atoms with Crippen LogP contribution in [0.2, 0.25) is 0 Å². The van der Waals surface area contributed by atoms with E-state index >= 15 is 0 Å². The van der Waals surface area contributed by atoms with E-state index < -0.39 is 0 Å². The van der Waals surface area contributed by atoms with Crippen LogP contribution in [0.1, 0.15) is 24.4 Å². The molecule has 2 nitrogen and oxygen atoms in total. The first-order valence-electron chi connectivity index (χ1n) is 6.48. The van der Waals surface area contributed by atoms with Crippen molar-refractivity contribution < 1.29 is 4.74 Å². The Morgan fingerprint density at radius 1 is 0.895 bits per heavy atom. The summed E-state index contributed by atoms with van der Waals surface area (Å²) in [5, 5.41) is 3.50. The van der Waals surface area contributed by atoms with Gasteiger partial charge in [0.2, 0.25) is 0 Å². The highest BCUT2D eigenvalue weighted by molar-refractivity contribution is 5.85. The number of hydrogen-bond donors (Lipinski definition) is 1. The maximum absolute atomic E-state index is 5.78. The average molecular weight is 276 g/mol. The first-order chi connectivity index (χ1) is 8.92. The van der Waals surface area contributed by atoms with Crippen molar-refractivity contribution in [3.05, 3.63) is 60.2 Å². The second-order valence-corrected chi connectivity index (χ2v) is 4.63. The Morgan fingerprint density at radius 2 is 1.58 bits per heavy atom. The average Bonchev–Trinajstić information content (AvgIpc) is 2.95. The van der Waals surface area contributed by atoms with Crippen molar-refractivity contribution in [1.82, 2.24) is 5.32 Å². The van der Waals surface area contributed by atoms with E-state index in [2.05, 4.69) is 17.4 Å². The molecule has 19 heavy (non-hydrogen) atoms. The number of benzene rings is 2. The molecule has 3 heteroatoms. The summed E-state index contributed by atoms with van der Waals surface area (Å²) >= 11 is 0. The molecule has 100 valence electrons. The van der Waals surface area contributed by atoms with E-state index in [9.17, 15) is 0 Å². The zero-order chi connectivity index (χ0) is 12.2. The van der Waals surface area contributed by atoms with Crippen LogP contribution in [0.5, 0.6) is 11.5 Å². The lowest BCUT2D eigenvalue weighted by molar-refractivity contribution is 0.482. The Hall–Kier alpha value is -1.51. The predicted octanol–water partition coefficient (Wildman–Crippen LogP) is 4.33. The highest BCUT2D eigenvalue weighted by Gasteiger charge is 2.15. The molecule has 0 aliphatic carbocycles. The molecule has 1 fully saturated rings. The number of nitrogens with one attached hydrogen (secondary N) is 1. The second-order valence-electron chi connectivity index (χ2n) is 4.63. The molecular formula is C16H18ClNO. The summed E-state index contributed by atoms with van der Waals surface area (Å²) in [6, 6.07) is 18.8. The van der Waals surface area contributed by atoms with Gasteiger partial charge in [-0.3, -0.25) is 0 Å². The number of rotatable bonds is 3. The van der Waals surface area contributed by atoms with E-state index in [1.807, 2.05) is 42.5 Å². The zero-order valence-electron chi connectivity index (χ0n) is 10.7. The van der Waals surface area contributed by atoms with Gasteiger partial charge in [-0.2, -0.15) is 0 Å². The standard InChI is InChI=1S/C16H17NO.ClH/c1-2-5-14(6-3-1)18-15-10-8-13(9-11-15)16-7-4-12-17-16;/h1-3,5-6,8-11,16-17H,4,7,12H2;1H/t16-;/m0./s1. The van der Waals surface area contributed by atoms with Gasteiger partial charge in [0.1, 0.15) is 11.5 Å². The largest absolute Gasteiger partial charge is 0.457 e. The minimum absolute atomic E-state index is 0. The van der Waals surface area contributed by atoms with E-state index in [0.29, 0.717) is 6.04 Å². The van der Waals surface area contributed by atoms with E-state index in [1.54, 1.807) is 0 Å². The number of para-hydroxylation sites is 1. The zero-order valence-corrected chi connectivity index (χ0v) is 11.5. The summed E-state index contributed by atoms with van der Waals surface area (Å²) in [5.74, 6) is 1.77. The summed E-state index contributed by atoms with van der Waals surface area (Å²) in [7, 11) is 0. The minimum atomic E-state index is 0. The highest BCUT2D eigenvalue weighted by atomic mass is 35.5. The molecule has 0 bridgehead atoms. The topological polar surface area (TPSA) is 21.3 Å². The predicted molar refractivity (Wildman–Crippen MR) is 80.2 cm³/mol. The fourth-order valence-corrected chi connectivity index (χ4v) is 2.36. The lowest BCUT2D eigenvalue weighted by atomic mass is 10.1. The lowest BCUT2D eigenvalue weighted by Crippen LogP contribution is -2.12. The van der Waals surface area contributed by atoms with Gasteiger partial charge in [-0.05, 0) is 49.2 Å². The van der Waals surface area contributed by atoms with Crippen LogP contribution in [0.25, 0.3) is 0 Å². The van der Waals surface area contributed by atoms with Crippen molar-refractivity contribution in [1.29, 1.82) is 0 Å². The van der Waals surface area contributed by atoms with Crippen LogP contribution in [0.15, 0.2) is 54.6 Å². The van der Waals surface area contributed by atoms with E-state index in [1.165, 1.54) is 18.4 Å². The molecule has 3 rings (SSSR count). The van der Waals surface area contributed by atoms with Gasteiger partial charge in [0.15, 0.2) is 0 Å². The third-order valence-electron chi connectivity index (χ3n) is 3.32. The third kappa shape index (κ3) is 3.49. The van der Waals surface area contributed by atoms with Crippen molar-refractivity contribution in [3.63, 3.8) is 0 Å². The fourth-order valence-electron chi connectivity index (χ4n) is 2.36. The molecule has 1 aliphatic rings. The Bertz CT molecular complexity index is 492. The van der Waals surface area contributed by atoms with Gasteiger partial charge in [0.25, 0.3) is 0 Å². The molecule has 0 amide bonds. The van der Waals surface area contributed by atoms with Gasteiger partial charge in [0, 0.05) is 6.04 Å². The molecule has 1 saturated heterocycles. The molecule has 0 aromatic heterocycles. The fraction of sp³-hybridized carbons (Fsp3) is 0.250. The van der Waals surface area contributed by atoms with E-state index in [4.69, 9.17) is 4.74 Å². The molecule has 0 radical (unpaired) electrons. The number of halogens is 1. The first kappa shape index (κ1) is 13.9. The SMILES string of the molecule is Cl.c1ccc(Oc2ccc([C@@H]3CCCN3)cc2)cc1. The molecule has 1 heterocycles. The lowest BCUT2D eigenvalue weighted by Gasteiger charge is -2.11. The monoisotopic (exact) mass is 275 g/mol. The highest BCUT2D eigenvalue weighted by Crippen LogP contribution is 2.26. The third-order valence-corrected chi connectivity index (χ3v) is 3.32. The van der Waals surface area contributed by atoms with Crippen LogP contribution >= 0.6 is 12.4 Å². The quantitative estimate of drug-likeness (QED) is 0.900. The Morgan fingerprint density at radius 3 is 2.21 bits per heavy atom. The Balaban J connectivity index is 0.00000133. The number of ether oxygens (including phenoxy) is 1. The maximum atomic E-state index is 5.78.